The number of hydrogen-bond acceptors (Lipinski definition) is 3. The van der Waals surface area contributed by atoms with E-state index in [0.29, 0.717) is 11.2 Å². The van der Waals surface area contributed by atoms with Gasteiger partial charge >= 0.3 is 0 Å². The average molecular weight is 291 g/mol. The smallest absolute Gasteiger partial charge is 0.162 e. The van der Waals surface area contributed by atoms with Crippen LogP contribution in [-0.2, 0) is 6.54 Å². The third kappa shape index (κ3) is 4.13. The first kappa shape index (κ1) is 16.2. The molecule has 1 aromatic rings. The van der Waals surface area contributed by atoms with Crippen molar-refractivity contribution in [1.82, 2.24) is 4.90 Å². The van der Waals surface area contributed by atoms with Gasteiger partial charge in [0, 0.05) is 12.1 Å². The molecule has 1 atom stereocenters. The highest BCUT2D eigenvalue weighted by atomic mass is 16.5. The molecular weight excluding hydrogens is 262 g/mol. The van der Waals surface area contributed by atoms with Crippen molar-refractivity contribution in [2.75, 3.05) is 20.2 Å². The Labute approximate surface area is 128 Å². The Hall–Kier alpha value is -1.22. The summed E-state index contributed by atoms with van der Waals surface area (Å²) in [6.45, 7) is 10.1. The summed E-state index contributed by atoms with van der Waals surface area (Å²) in [5.74, 6) is 1.65. The number of hydrogen-bond donors (Lipinski definition) is 1. The molecule has 0 spiro atoms. The first-order chi connectivity index (χ1) is 9.91. The van der Waals surface area contributed by atoms with E-state index in [9.17, 15) is 5.11 Å². The summed E-state index contributed by atoms with van der Waals surface area (Å²) in [5, 5.41) is 10.2. The minimum atomic E-state index is 0.289. The van der Waals surface area contributed by atoms with Crippen LogP contribution in [0.3, 0.4) is 0 Å². The van der Waals surface area contributed by atoms with Gasteiger partial charge in [0.25, 0.3) is 0 Å². The van der Waals surface area contributed by atoms with Crippen molar-refractivity contribution in [2.24, 2.45) is 11.3 Å². The van der Waals surface area contributed by atoms with Gasteiger partial charge in [0.2, 0.25) is 0 Å². The minimum absolute atomic E-state index is 0.289. The van der Waals surface area contributed by atoms with E-state index in [1.165, 1.54) is 19.3 Å². The van der Waals surface area contributed by atoms with E-state index < -0.39 is 0 Å². The summed E-state index contributed by atoms with van der Waals surface area (Å²) in [5.41, 5.74) is 1.36. The molecule has 0 bridgehead atoms. The van der Waals surface area contributed by atoms with Gasteiger partial charge in [0.05, 0.1) is 7.11 Å². The predicted octanol–water partition coefficient (Wildman–Crippen LogP) is 4.05. The topological polar surface area (TPSA) is 32.7 Å². The van der Waals surface area contributed by atoms with Gasteiger partial charge in [0.15, 0.2) is 11.5 Å². The van der Waals surface area contributed by atoms with Gasteiger partial charge in [0.1, 0.15) is 0 Å². The summed E-state index contributed by atoms with van der Waals surface area (Å²) < 4.78 is 5.19. The fourth-order valence-electron chi connectivity index (χ4n) is 3.28. The van der Waals surface area contributed by atoms with Gasteiger partial charge in [-0.05, 0) is 49.8 Å². The second kappa shape index (κ2) is 6.69. The molecule has 0 aliphatic carbocycles. The summed E-state index contributed by atoms with van der Waals surface area (Å²) >= 11 is 0. The molecule has 1 saturated heterocycles. The van der Waals surface area contributed by atoms with Crippen LogP contribution < -0.4 is 4.74 Å². The van der Waals surface area contributed by atoms with Gasteiger partial charge in [-0.1, -0.05) is 32.9 Å². The molecule has 3 heteroatoms. The zero-order valence-electron chi connectivity index (χ0n) is 13.9. The van der Waals surface area contributed by atoms with Crippen molar-refractivity contribution in [2.45, 2.75) is 46.6 Å². The van der Waals surface area contributed by atoms with Crippen LogP contribution in [0.4, 0.5) is 0 Å². The minimum Gasteiger partial charge on any atom is -0.504 e. The molecule has 118 valence electrons. The van der Waals surface area contributed by atoms with E-state index in [-0.39, 0.29) is 5.75 Å². The van der Waals surface area contributed by atoms with Crippen LogP contribution in [0.15, 0.2) is 18.2 Å². The van der Waals surface area contributed by atoms with Crippen LogP contribution in [0.5, 0.6) is 11.5 Å². The second-order valence-electron chi connectivity index (χ2n) is 7.24. The third-order valence-corrected chi connectivity index (χ3v) is 4.74. The monoisotopic (exact) mass is 291 g/mol. The molecule has 3 nitrogen and oxygen atoms in total. The second-order valence-corrected chi connectivity index (χ2v) is 7.24. The van der Waals surface area contributed by atoms with E-state index >= 15 is 0 Å². The quantitative estimate of drug-likeness (QED) is 0.912. The number of phenols is 1. The number of likely N-dealkylation sites (tertiary alicyclic amines) is 1. The van der Waals surface area contributed by atoms with E-state index in [4.69, 9.17) is 4.74 Å². The molecule has 1 aliphatic rings. The summed E-state index contributed by atoms with van der Waals surface area (Å²) in [4.78, 5) is 2.46. The lowest BCUT2D eigenvalue weighted by molar-refractivity contribution is 0.206. The SMILES string of the molecule is COc1cccc(CN2CCCC(C(C)(C)C)CC2)c1O. The maximum absolute atomic E-state index is 10.2. The van der Waals surface area contributed by atoms with Crippen LogP contribution in [0.25, 0.3) is 0 Å². The first-order valence-corrected chi connectivity index (χ1v) is 7.99. The van der Waals surface area contributed by atoms with E-state index in [0.717, 1.165) is 31.1 Å². The van der Waals surface area contributed by atoms with Gasteiger partial charge in [-0.2, -0.15) is 0 Å². The summed E-state index contributed by atoms with van der Waals surface area (Å²) in [7, 11) is 1.60. The highest BCUT2D eigenvalue weighted by Gasteiger charge is 2.27. The van der Waals surface area contributed by atoms with E-state index in [1.807, 2.05) is 12.1 Å². The Morgan fingerprint density at radius 1 is 1.24 bits per heavy atom. The number of nitrogens with zero attached hydrogens (tertiary/aromatic N) is 1. The molecule has 1 fully saturated rings. The van der Waals surface area contributed by atoms with Crippen LogP contribution in [0.1, 0.15) is 45.6 Å². The molecule has 1 unspecified atom stereocenters. The maximum Gasteiger partial charge on any atom is 0.162 e. The maximum atomic E-state index is 10.2. The lowest BCUT2D eigenvalue weighted by atomic mass is 9.77. The van der Waals surface area contributed by atoms with Crippen LogP contribution in [0.2, 0.25) is 0 Å². The number of aromatic hydroxyl groups is 1. The average Bonchev–Trinajstić information content (AvgIpc) is 2.66. The van der Waals surface area contributed by atoms with Crippen molar-refractivity contribution >= 4 is 0 Å². The van der Waals surface area contributed by atoms with Crippen molar-refractivity contribution in [3.8, 4) is 11.5 Å². The Bertz CT molecular complexity index is 465. The van der Waals surface area contributed by atoms with Gasteiger partial charge in [-0.15, -0.1) is 0 Å². The number of ether oxygens (including phenoxy) is 1. The van der Waals surface area contributed by atoms with E-state index in [1.54, 1.807) is 13.2 Å². The third-order valence-electron chi connectivity index (χ3n) is 4.74. The molecule has 1 N–H and O–H groups in total. The molecule has 1 heterocycles. The molecule has 0 saturated carbocycles. The number of methoxy groups -OCH3 is 1. The molecular formula is C18H29NO2. The lowest BCUT2D eigenvalue weighted by Crippen LogP contribution is -2.26. The van der Waals surface area contributed by atoms with Crippen molar-refractivity contribution in [3.05, 3.63) is 23.8 Å². The van der Waals surface area contributed by atoms with Crippen molar-refractivity contribution < 1.29 is 9.84 Å². The molecule has 0 radical (unpaired) electrons. The number of para-hydroxylation sites is 1. The summed E-state index contributed by atoms with van der Waals surface area (Å²) in [6, 6.07) is 5.74. The summed E-state index contributed by atoms with van der Waals surface area (Å²) in [6.07, 6.45) is 3.80. The Kier molecular flexibility index (Phi) is 5.15. The molecule has 0 amide bonds. The fraction of sp³-hybridized carbons (Fsp3) is 0.667. The molecule has 0 aromatic heterocycles. The normalized spacial score (nSPS) is 21.0. The predicted molar refractivity (Wildman–Crippen MR) is 86.7 cm³/mol. The molecule has 1 aliphatic heterocycles. The molecule has 1 aromatic carbocycles. The van der Waals surface area contributed by atoms with E-state index in [2.05, 4.69) is 25.7 Å². The highest BCUT2D eigenvalue weighted by Crippen LogP contribution is 2.35. The fourth-order valence-corrected chi connectivity index (χ4v) is 3.28. The standard InChI is InChI=1S/C18H29NO2/c1-18(2,3)15-8-6-11-19(12-10-15)13-14-7-5-9-16(21-4)17(14)20/h5,7,9,15,20H,6,8,10-13H2,1-4H3. The number of phenolic OH excluding ortho intramolecular Hbond substituents is 1. The van der Waals surface area contributed by atoms with Crippen LogP contribution in [-0.4, -0.2) is 30.2 Å². The zero-order chi connectivity index (χ0) is 15.5. The molecule has 2 rings (SSSR count). The van der Waals surface area contributed by atoms with Gasteiger partial charge < -0.3 is 9.84 Å². The van der Waals surface area contributed by atoms with Crippen LogP contribution >= 0.6 is 0 Å². The zero-order valence-corrected chi connectivity index (χ0v) is 13.9. The first-order valence-electron chi connectivity index (χ1n) is 7.99. The Morgan fingerprint density at radius 3 is 2.67 bits per heavy atom. The van der Waals surface area contributed by atoms with Crippen molar-refractivity contribution in [3.63, 3.8) is 0 Å². The largest absolute Gasteiger partial charge is 0.504 e. The highest BCUT2D eigenvalue weighted by molar-refractivity contribution is 5.45. The Balaban J connectivity index is 2.01. The Morgan fingerprint density at radius 2 is 2.00 bits per heavy atom. The van der Waals surface area contributed by atoms with Gasteiger partial charge in [-0.25, -0.2) is 0 Å². The lowest BCUT2D eigenvalue weighted by Gasteiger charge is -2.29. The number of rotatable bonds is 3. The van der Waals surface area contributed by atoms with Gasteiger partial charge in [-0.3, -0.25) is 4.90 Å². The number of benzene rings is 1. The van der Waals surface area contributed by atoms with Crippen molar-refractivity contribution in [1.29, 1.82) is 0 Å². The van der Waals surface area contributed by atoms with Crippen LogP contribution in [0, 0.1) is 11.3 Å². The molecule has 21 heavy (non-hydrogen) atoms.